The van der Waals surface area contributed by atoms with E-state index in [-0.39, 0.29) is 6.04 Å². The zero-order valence-electron chi connectivity index (χ0n) is 12.2. The molecule has 0 amide bonds. The van der Waals surface area contributed by atoms with Crippen LogP contribution in [0.2, 0.25) is 0 Å². The normalized spacial score (nSPS) is 23.1. The van der Waals surface area contributed by atoms with Crippen molar-refractivity contribution >= 4 is 11.3 Å². The maximum absolute atomic E-state index is 5.48. The molecule has 0 radical (unpaired) electrons. The van der Waals surface area contributed by atoms with E-state index >= 15 is 0 Å². The van der Waals surface area contributed by atoms with Crippen molar-refractivity contribution in [1.82, 2.24) is 16.2 Å². The lowest BCUT2D eigenvalue weighted by Gasteiger charge is -2.19. The molecule has 1 aromatic carbocycles. The van der Waals surface area contributed by atoms with Crippen molar-refractivity contribution in [1.29, 1.82) is 0 Å². The highest BCUT2D eigenvalue weighted by Crippen LogP contribution is 2.36. The van der Waals surface area contributed by atoms with Crippen LogP contribution in [-0.4, -0.2) is 19.9 Å². The zero-order valence-corrected chi connectivity index (χ0v) is 13.0. The third kappa shape index (κ3) is 2.83. The number of benzene rings is 1. The van der Waals surface area contributed by atoms with Gasteiger partial charge in [-0.1, -0.05) is 12.1 Å². The lowest BCUT2D eigenvalue weighted by atomic mass is 9.94. The first-order valence-corrected chi connectivity index (χ1v) is 8.39. The first kappa shape index (κ1) is 14.0. The van der Waals surface area contributed by atoms with E-state index < -0.39 is 0 Å². The lowest BCUT2D eigenvalue weighted by molar-refractivity contribution is 0.174. The number of hydrogen-bond acceptors (Lipinski definition) is 6. The van der Waals surface area contributed by atoms with Crippen LogP contribution in [0, 0.1) is 5.92 Å². The molecular weight excluding hydrogens is 298 g/mol. The molecule has 0 bridgehead atoms. The van der Waals surface area contributed by atoms with E-state index in [1.807, 2.05) is 6.07 Å². The SMILES string of the molecule is c1csc(CNCC2CNNC2c2ccc3c(c2)OCO3)c1. The van der Waals surface area contributed by atoms with Crippen molar-refractivity contribution < 1.29 is 9.47 Å². The largest absolute Gasteiger partial charge is 0.454 e. The molecule has 0 saturated carbocycles. The average Bonchev–Trinajstić information content (AvgIpc) is 3.28. The topological polar surface area (TPSA) is 54.5 Å². The fraction of sp³-hybridized carbons (Fsp3) is 0.375. The molecule has 116 valence electrons. The smallest absolute Gasteiger partial charge is 0.231 e. The van der Waals surface area contributed by atoms with Gasteiger partial charge in [-0.15, -0.1) is 11.3 Å². The van der Waals surface area contributed by atoms with Crippen LogP contribution in [0.1, 0.15) is 16.5 Å². The highest BCUT2D eigenvalue weighted by atomic mass is 32.1. The summed E-state index contributed by atoms with van der Waals surface area (Å²) < 4.78 is 10.9. The maximum atomic E-state index is 5.48. The molecule has 1 aromatic heterocycles. The van der Waals surface area contributed by atoms with Gasteiger partial charge < -0.3 is 14.8 Å². The fourth-order valence-corrected chi connectivity index (χ4v) is 3.66. The lowest BCUT2D eigenvalue weighted by Crippen LogP contribution is -2.28. The van der Waals surface area contributed by atoms with Crippen molar-refractivity contribution in [3.63, 3.8) is 0 Å². The maximum Gasteiger partial charge on any atom is 0.231 e. The summed E-state index contributed by atoms with van der Waals surface area (Å²) in [5.74, 6) is 2.18. The van der Waals surface area contributed by atoms with Gasteiger partial charge in [-0.05, 0) is 29.1 Å². The van der Waals surface area contributed by atoms with E-state index in [9.17, 15) is 0 Å². The molecule has 2 aliphatic rings. The van der Waals surface area contributed by atoms with Gasteiger partial charge in [-0.3, -0.25) is 5.43 Å². The van der Waals surface area contributed by atoms with Gasteiger partial charge in [0.1, 0.15) is 0 Å². The minimum atomic E-state index is 0.283. The van der Waals surface area contributed by atoms with Gasteiger partial charge in [0, 0.05) is 30.4 Å². The number of thiophene rings is 1. The zero-order chi connectivity index (χ0) is 14.8. The summed E-state index contributed by atoms with van der Waals surface area (Å²) in [6.45, 7) is 3.18. The number of nitrogens with one attached hydrogen (secondary N) is 3. The van der Waals surface area contributed by atoms with Gasteiger partial charge in [0.05, 0.1) is 6.04 Å². The minimum absolute atomic E-state index is 0.283. The summed E-state index contributed by atoms with van der Waals surface area (Å²) in [4.78, 5) is 1.37. The van der Waals surface area contributed by atoms with Crippen LogP contribution in [0.4, 0.5) is 0 Å². The number of ether oxygens (including phenoxy) is 2. The van der Waals surface area contributed by atoms with Crippen molar-refractivity contribution in [2.45, 2.75) is 12.6 Å². The summed E-state index contributed by atoms with van der Waals surface area (Å²) in [5.41, 5.74) is 7.88. The number of rotatable bonds is 5. The standard InChI is InChI=1S/C16H19N3O2S/c1-2-13(22-5-1)9-17-7-12-8-18-19-16(12)11-3-4-14-15(6-11)21-10-20-14/h1-6,12,16-19H,7-10H2. The Morgan fingerprint density at radius 3 is 3.09 bits per heavy atom. The first-order chi connectivity index (χ1) is 10.9. The van der Waals surface area contributed by atoms with Gasteiger partial charge in [0.2, 0.25) is 6.79 Å². The van der Waals surface area contributed by atoms with E-state index in [4.69, 9.17) is 9.47 Å². The summed E-state index contributed by atoms with van der Waals surface area (Å²) in [6, 6.07) is 10.7. The molecule has 2 unspecified atom stereocenters. The molecule has 22 heavy (non-hydrogen) atoms. The minimum Gasteiger partial charge on any atom is -0.454 e. The summed E-state index contributed by atoms with van der Waals surface area (Å²) in [7, 11) is 0. The molecule has 2 aromatic rings. The van der Waals surface area contributed by atoms with Gasteiger partial charge in [0.15, 0.2) is 11.5 Å². The molecule has 6 heteroatoms. The van der Waals surface area contributed by atoms with Crippen LogP contribution >= 0.6 is 11.3 Å². The predicted octanol–water partition coefficient (Wildman–Crippen LogP) is 2.03. The molecule has 1 saturated heterocycles. The number of hydrogen-bond donors (Lipinski definition) is 3. The van der Waals surface area contributed by atoms with E-state index in [1.54, 1.807) is 11.3 Å². The summed E-state index contributed by atoms with van der Waals surface area (Å²) in [6.07, 6.45) is 0. The van der Waals surface area contributed by atoms with Crippen molar-refractivity contribution in [3.05, 3.63) is 46.2 Å². The second-order valence-corrected chi connectivity index (χ2v) is 6.62. The molecule has 2 atom stereocenters. The number of hydrazine groups is 1. The molecular formula is C16H19N3O2S. The van der Waals surface area contributed by atoms with Crippen LogP contribution in [0.15, 0.2) is 35.7 Å². The van der Waals surface area contributed by atoms with Crippen molar-refractivity contribution in [3.8, 4) is 11.5 Å². The van der Waals surface area contributed by atoms with Gasteiger partial charge in [0.25, 0.3) is 0 Å². The Morgan fingerprint density at radius 2 is 2.18 bits per heavy atom. The molecule has 4 rings (SSSR count). The van der Waals surface area contributed by atoms with Gasteiger partial charge in [-0.25, -0.2) is 5.43 Å². The number of fused-ring (bicyclic) bond motifs is 1. The Bertz CT molecular complexity index is 632. The Hall–Kier alpha value is -1.60. The Labute approximate surface area is 133 Å². The van der Waals surface area contributed by atoms with E-state index in [0.717, 1.165) is 31.1 Å². The Kier molecular flexibility index (Phi) is 3.99. The molecule has 0 aliphatic carbocycles. The molecule has 5 nitrogen and oxygen atoms in total. The molecule has 0 spiro atoms. The molecule has 2 aliphatic heterocycles. The van der Waals surface area contributed by atoms with Crippen LogP contribution in [0.5, 0.6) is 11.5 Å². The Morgan fingerprint density at radius 1 is 1.23 bits per heavy atom. The van der Waals surface area contributed by atoms with E-state index in [0.29, 0.717) is 12.7 Å². The fourth-order valence-electron chi connectivity index (χ4n) is 2.98. The molecule has 3 heterocycles. The van der Waals surface area contributed by atoms with Crippen LogP contribution in [-0.2, 0) is 6.54 Å². The first-order valence-electron chi connectivity index (χ1n) is 7.51. The third-order valence-corrected chi connectivity index (χ3v) is 5.01. The quantitative estimate of drug-likeness (QED) is 0.788. The van der Waals surface area contributed by atoms with Gasteiger partial charge in [-0.2, -0.15) is 0 Å². The highest BCUT2D eigenvalue weighted by Gasteiger charge is 2.29. The van der Waals surface area contributed by atoms with Crippen LogP contribution in [0.3, 0.4) is 0 Å². The summed E-state index contributed by atoms with van der Waals surface area (Å²) >= 11 is 1.79. The summed E-state index contributed by atoms with van der Waals surface area (Å²) in [5, 5.41) is 5.67. The van der Waals surface area contributed by atoms with E-state index in [1.165, 1.54) is 10.4 Å². The monoisotopic (exact) mass is 317 g/mol. The molecule has 3 N–H and O–H groups in total. The average molecular weight is 317 g/mol. The van der Waals surface area contributed by atoms with Crippen LogP contribution in [0.25, 0.3) is 0 Å². The second-order valence-electron chi connectivity index (χ2n) is 5.59. The van der Waals surface area contributed by atoms with E-state index in [2.05, 4.69) is 45.8 Å². The van der Waals surface area contributed by atoms with Crippen molar-refractivity contribution in [2.24, 2.45) is 5.92 Å². The Balaban J connectivity index is 1.40. The van der Waals surface area contributed by atoms with Crippen molar-refractivity contribution in [2.75, 3.05) is 19.9 Å². The third-order valence-electron chi connectivity index (χ3n) is 4.13. The van der Waals surface area contributed by atoms with Crippen LogP contribution < -0.4 is 25.6 Å². The predicted molar refractivity (Wildman–Crippen MR) is 86.0 cm³/mol. The molecule has 1 fully saturated rings. The second kappa shape index (κ2) is 6.26. The highest BCUT2D eigenvalue weighted by molar-refractivity contribution is 7.09. The van der Waals surface area contributed by atoms with Gasteiger partial charge >= 0.3 is 0 Å².